The highest BCUT2D eigenvalue weighted by atomic mass is 15.3. The van der Waals surface area contributed by atoms with Gasteiger partial charge in [0.15, 0.2) is 5.82 Å². The predicted octanol–water partition coefficient (Wildman–Crippen LogP) is 2.94. The molecule has 0 saturated carbocycles. The molecule has 5 nitrogen and oxygen atoms in total. The van der Waals surface area contributed by atoms with E-state index >= 15 is 0 Å². The van der Waals surface area contributed by atoms with Crippen molar-refractivity contribution in [3.8, 4) is 6.07 Å². The largest absolute Gasteiger partial charge is 0.323 e. The molecule has 1 aromatic carbocycles. The van der Waals surface area contributed by atoms with Crippen molar-refractivity contribution in [2.24, 2.45) is 0 Å². The fraction of sp³-hybridized carbons (Fsp3) is 0.0625. The monoisotopic (exact) mass is 275 g/mol. The number of pyridine rings is 1. The van der Waals surface area contributed by atoms with Crippen molar-refractivity contribution in [3.05, 3.63) is 72.1 Å². The Morgan fingerprint density at radius 3 is 2.67 bits per heavy atom. The number of nitriles is 1. The minimum atomic E-state index is 0.378. The molecule has 0 aliphatic carbocycles. The van der Waals surface area contributed by atoms with Crippen LogP contribution in [0.5, 0.6) is 0 Å². The van der Waals surface area contributed by atoms with Gasteiger partial charge in [0.1, 0.15) is 17.6 Å². The molecule has 0 amide bonds. The Morgan fingerprint density at radius 1 is 1.00 bits per heavy atom. The lowest BCUT2D eigenvalue weighted by Gasteiger charge is -2.03. The molecule has 0 spiro atoms. The second-order valence-electron chi connectivity index (χ2n) is 4.53. The minimum absolute atomic E-state index is 0.378. The number of nitrogens with zero attached hydrogens (tertiary/aromatic N) is 4. The number of benzene rings is 1. The molecule has 2 heterocycles. The van der Waals surface area contributed by atoms with Gasteiger partial charge in [-0.15, -0.1) is 0 Å². The van der Waals surface area contributed by atoms with Gasteiger partial charge in [0.05, 0.1) is 6.54 Å². The van der Waals surface area contributed by atoms with E-state index in [9.17, 15) is 0 Å². The van der Waals surface area contributed by atoms with E-state index in [4.69, 9.17) is 5.26 Å². The van der Waals surface area contributed by atoms with Gasteiger partial charge in [0.2, 0.25) is 0 Å². The van der Waals surface area contributed by atoms with Crippen LogP contribution < -0.4 is 5.32 Å². The maximum atomic E-state index is 8.84. The van der Waals surface area contributed by atoms with E-state index in [1.807, 2.05) is 41.2 Å². The first-order chi connectivity index (χ1) is 10.3. The second kappa shape index (κ2) is 5.88. The molecule has 0 bridgehead atoms. The normalized spacial score (nSPS) is 10.0. The van der Waals surface area contributed by atoms with Crippen LogP contribution in [0.2, 0.25) is 0 Å². The van der Waals surface area contributed by atoms with Crippen LogP contribution in [0.15, 0.2) is 60.8 Å². The molecule has 102 valence electrons. The Morgan fingerprint density at radius 2 is 1.86 bits per heavy atom. The Kier molecular flexibility index (Phi) is 3.61. The lowest BCUT2D eigenvalue weighted by Crippen LogP contribution is -2.01. The van der Waals surface area contributed by atoms with E-state index in [2.05, 4.69) is 27.5 Å². The molecule has 0 aliphatic heterocycles. The van der Waals surface area contributed by atoms with Gasteiger partial charge in [-0.3, -0.25) is 4.68 Å². The molecule has 0 unspecified atom stereocenters. The Hall–Kier alpha value is -3.13. The summed E-state index contributed by atoms with van der Waals surface area (Å²) in [4.78, 5) is 4.16. The van der Waals surface area contributed by atoms with Gasteiger partial charge in [-0.25, -0.2) is 4.98 Å². The highest BCUT2D eigenvalue weighted by Gasteiger charge is 2.02. The fourth-order valence-corrected chi connectivity index (χ4v) is 1.98. The zero-order valence-corrected chi connectivity index (χ0v) is 11.3. The maximum Gasteiger partial charge on any atom is 0.153 e. The lowest BCUT2D eigenvalue weighted by molar-refractivity contribution is 0.689. The third kappa shape index (κ3) is 3.25. The van der Waals surface area contributed by atoms with E-state index in [1.165, 1.54) is 5.56 Å². The van der Waals surface area contributed by atoms with Crippen molar-refractivity contribution in [1.82, 2.24) is 14.8 Å². The summed E-state index contributed by atoms with van der Waals surface area (Å²) in [5.74, 6) is 1.31. The van der Waals surface area contributed by atoms with Crippen LogP contribution in [-0.2, 0) is 6.54 Å². The molecular formula is C16H13N5. The smallest absolute Gasteiger partial charge is 0.153 e. The van der Waals surface area contributed by atoms with Crippen molar-refractivity contribution in [3.63, 3.8) is 0 Å². The summed E-state index contributed by atoms with van der Waals surface area (Å²) in [6.07, 6.45) is 1.91. The van der Waals surface area contributed by atoms with E-state index < -0.39 is 0 Å². The van der Waals surface area contributed by atoms with Gasteiger partial charge in [-0.1, -0.05) is 36.4 Å². The van der Waals surface area contributed by atoms with Gasteiger partial charge in [-0.05, 0) is 17.7 Å². The first-order valence-electron chi connectivity index (χ1n) is 6.55. The molecule has 0 radical (unpaired) electrons. The van der Waals surface area contributed by atoms with Crippen LogP contribution in [-0.4, -0.2) is 14.8 Å². The van der Waals surface area contributed by atoms with Crippen LogP contribution in [0.25, 0.3) is 0 Å². The van der Waals surface area contributed by atoms with Gasteiger partial charge in [0, 0.05) is 12.3 Å². The van der Waals surface area contributed by atoms with Crippen LogP contribution >= 0.6 is 0 Å². The predicted molar refractivity (Wildman–Crippen MR) is 80.0 cm³/mol. The molecule has 0 fully saturated rings. The third-order valence-electron chi connectivity index (χ3n) is 2.95. The zero-order valence-electron chi connectivity index (χ0n) is 11.3. The molecule has 1 N–H and O–H groups in total. The van der Waals surface area contributed by atoms with Gasteiger partial charge >= 0.3 is 0 Å². The molecule has 0 aliphatic rings. The maximum absolute atomic E-state index is 8.84. The van der Waals surface area contributed by atoms with E-state index in [1.54, 1.807) is 18.2 Å². The summed E-state index contributed by atoms with van der Waals surface area (Å²) >= 11 is 0. The summed E-state index contributed by atoms with van der Waals surface area (Å²) in [7, 11) is 0. The SMILES string of the molecule is N#Cc1cccc(Nc2ccn(Cc3ccccc3)n2)n1. The quantitative estimate of drug-likeness (QED) is 0.795. The van der Waals surface area contributed by atoms with Crippen LogP contribution in [0.1, 0.15) is 11.3 Å². The zero-order chi connectivity index (χ0) is 14.5. The van der Waals surface area contributed by atoms with Gasteiger partial charge < -0.3 is 5.32 Å². The van der Waals surface area contributed by atoms with Crippen molar-refractivity contribution >= 4 is 11.6 Å². The fourth-order valence-electron chi connectivity index (χ4n) is 1.98. The van der Waals surface area contributed by atoms with E-state index in [0.717, 1.165) is 0 Å². The summed E-state index contributed by atoms with van der Waals surface area (Å²) in [5.41, 5.74) is 1.57. The summed E-state index contributed by atoms with van der Waals surface area (Å²) < 4.78 is 1.85. The highest BCUT2D eigenvalue weighted by Crippen LogP contribution is 2.13. The Labute approximate surface area is 122 Å². The van der Waals surface area contributed by atoms with E-state index in [-0.39, 0.29) is 0 Å². The Bertz CT molecular complexity index is 771. The first-order valence-corrected chi connectivity index (χ1v) is 6.55. The Balaban J connectivity index is 1.72. The second-order valence-corrected chi connectivity index (χ2v) is 4.53. The number of hydrogen-bond donors (Lipinski definition) is 1. The topological polar surface area (TPSA) is 66.5 Å². The number of rotatable bonds is 4. The number of anilines is 2. The molecular weight excluding hydrogens is 262 g/mol. The third-order valence-corrected chi connectivity index (χ3v) is 2.95. The summed E-state index contributed by atoms with van der Waals surface area (Å²) in [5, 5.41) is 16.4. The molecule has 5 heteroatoms. The highest BCUT2D eigenvalue weighted by molar-refractivity contribution is 5.51. The molecule has 3 rings (SSSR count). The van der Waals surface area contributed by atoms with Crippen molar-refractivity contribution in [2.75, 3.05) is 5.32 Å². The standard InChI is InChI=1S/C16H13N5/c17-11-14-7-4-8-15(18-14)19-16-9-10-21(20-16)12-13-5-2-1-3-6-13/h1-10H,12H2,(H,18,19,20). The summed E-state index contributed by atoms with van der Waals surface area (Å²) in [6, 6.07) is 19.3. The van der Waals surface area contributed by atoms with Crippen LogP contribution in [0.4, 0.5) is 11.6 Å². The average molecular weight is 275 g/mol. The number of aromatic nitrogens is 3. The first kappa shape index (κ1) is 12.9. The van der Waals surface area contributed by atoms with Gasteiger partial charge in [0.25, 0.3) is 0 Å². The van der Waals surface area contributed by atoms with E-state index in [0.29, 0.717) is 23.9 Å². The van der Waals surface area contributed by atoms with Gasteiger partial charge in [-0.2, -0.15) is 10.4 Å². The number of nitrogens with one attached hydrogen (secondary N) is 1. The van der Waals surface area contributed by atoms with Crippen molar-refractivity contribution in [1.29, 1.82) is 5.26 Å². The van der Waals surface area contributed by atoms with Crippen molar-refractivity contribution < 1.29 is 0 Å². The lowest BCUT2D eigenvalue weighted by atomic mass is 10.2. The average Bonchev–Trinajstić information content (AvgIpc) is 2.95. The number of hydrogen-bond acceptors (Lipinski definition) is 4. The van der Waals surface area contributed by atoms with Crippen LogP contribution in [0.3, 0.4) is 0 Å². The van der Waals surface area contributed by atoms with Crippen molar-refractivity contribution in [2.45, 2.75) is 6.54 Å². The molecule has 21 heavy (non-hydrogen) atoms. The molecule has 2 aromatic heterocycles. The van der Waals surface area contributed by atoms with Crippen LogP contribution in [0, 0.1) is 11.3 Å². The minimum Gasteiger partial charge on any atom is -0.323 e. The molecule has 0 atom stereocenters. The summed E-state index contributed by atoms with van der Waals surface area (Å²) in [6.45, 7) is 0.716. The molecule has 0 saturated heterocycles. The molecule has 3 aromatic rings.